The van der Waals surface area contributed by atoms with Crippen molar-refractivity contribution in [3.63, 3.8) is 0 Å². The van der Waals surface area contributed by atoms with Crippen LogP contribution in [0, 0.1) is 17.2 Å². The fourth-order valence-corrected chi connectivity index (χ4v) is 3.88. The van der Waals surface area contributed by atoms with E-state index in [1.807, 2.05) is 18.3 Å². The Labute approximate surface area is 157 Å². The third-order valence-electron chi connectivity index (χ3n) is 5.12. The Hall–Kier alpha value is -3.39. The lowest BCUT2D eigenvalue weighted by Crippen LogP contribution is -2.11. The molecule has 1 aliphatic rings. The second-order valence-corrected chi connectivity index (χ2v) is 6.81. The zero-order valence-electron chi connectivity index (χ0n) is 14.9. The number of rotatable bonds is 5. The maximum Gasteiger partial charge on any atom is 0.155 e. The average molecular weight is 357 g/mol. The molecule has 0 radical (unpaired) electrons. The molecule has 0 aromatic carbocycles. The van der Waals surface area contributed by atoms with Crippen molar-refractivity contribution in [3.8, 4) is 17.4 Å². The quantitative estimate of drug-likeness (QED) is 0.650. The summed E-state index contributed by atoms with van der Waals surface area (Å²) in [5.74, 6) is 1.06. The number of furan rings is 1. The maximum atomic E-state index is 11.8. The van der Waals surface area contributed by atoms with Crippen LogP contribution in [0.25, 0.3) is 27.9 Å². The first kappa shape index (κ1) is 17.0. The molecule has 5 nitrogen and oxygen atoms in total. The molecular weight excluding hydrogens is 338 g/mol. The molecule has 0 bridgehead atoms. The summed E-state index contributed by atoms with van der Waals surface area (Å²) in [7, 11) is 0. The highest BCUT2D eigenvalue weighted by atomic mass is 16.3. The second kappa shape index (κ2) is 7.08. The minimum Gasteiger partial charge on any atom is -0.464 e. The van der Waals surface area contributed by atoms with Crippen LogP contribution < -0.4 is 0 Å². The second-order valence-electron chi connectivity index (χ2n) is 6.81. The van der Waals surface area contributed by atoms with Crippen molar-refractivity contribution in [2.24, 2.45) is 5.92 Å². The number of carbonyl (C=O) groups is 1. The lowest BCUT2D eigenvalue weighted by atomic mass is 9.81. The molecule has 134 valence electrons. The molecule has 0 fully saturated rings. The molecule has 3 aromatic rings. The van der Waals surface area contributed by atoms with Gasteiger partial charge in [-0.25, -0.2) is 4.98 Å². The van der Waals surface area contributed by atoms with Crippen LogP contribution in [0.1, 0.15) is 36.8 Å². The lowest BCUT2D eigenvalue weighted by molar-refractivity contribution is -0.115. The van der Waals surface area contributed by atoms with E-state index in [2.05, 4.69) is 28.7 Å². The van der Waals surface area contributed by atoms with Crippen LogP contribution in [0.2, 0.25) is 0 Å². The molecule has 3 heterocycles. The number of aromatic nitrogens is 2. The van der Waals surface area contributed by atoms with Crippen LogP contribution in [0.5, 0.6) is 0 Å². The Balaban J connectivity index is 1.84. The number of nitrogens with zero attached hydrogens (tertiary/aromatic N) is 2. The predicted octanol–water partition coefficient (Wildman–Crippen LogP) is 5.02. The highest BCUT2D eigenvalue weighted by molar-refractivity contribution is 6.02. The van der Waals surface area contributed by atoms with Crippen LogP contribution in [0.3, 0.4) is 0 Å². The van der Waals surface area contributed by atoms with E-state index in [1.54, 1.807) is 12.5 Å². The van der Waals surface area contributed by atoms with E-state index in [4.69, 9.17) is 4.42 Å². The maximum absolute atomic E-state index is 11.8. The predicted molar refractivity (Wildman–Crippen MR) is 104 cm³/mol. The number of aromatic amines is 1. The Morgan fingerprint density at radius 2 is 2.41 bits per heavy atom. The summed E-state index contributed by atoms with van der Waals surface area (Å²) >= 11 is 0. The summed E-state index contributed by atoms with van der Waals surface area (Å²) in [5.41, 5.74) is 4.14. The minimum absolute atomic E-state index is 0.0690. The van der Waals surface area contributed by atoms with Crippen molar-refractivity contribution >= 4 is 22.4 Å². The lowest BCUT2D eigenvalue weighted by Gasteiger charge is -2.23. The molecule has 4 rings (SSSR count). The third-order valence-corrected chi connectivity index (χ3v) is 5.12. The number of fused-ring (bicyclic) bond motifs is 1. The van der Waals surface area contributed by atoms with Crippen molar-refractivity contribution in [2.45, 2.75) is 25.7 Å². The normalized spacial score (nSPS) is 16.7. The summed E-state index contributed by atoms with van der Waals surface area (Å²) in [5, 5.41) is 10.6. The number of hydrogen-bond acceptors (Lipinski definition) is 4. The van der Waals surface area contributed by atoms with Crippen molar-refractivity contribution < 1.29 is 9.21 Å². The zero-order valence-corrected chi connectivity index (χ0v) is 14.9. The van der Waals surface area contributed by atoms with Crippen molar-refractivity contribution in [1.29, 1.82) is 5.26 Å². The van der Waals surface area contributed by atoms with Gasteiger partial charge in [-0.1, -0.05) is 12.7 Å². The number of carbonyl (C=O) groups excluding carboxylic acids is 1. The Morgan fingerprint density at radius 3 is 3.15 bits per heavy atom. The van der Waals surface area contributed by atoms with E-state index >= 15 is 0 Å². The van der Waals surface area contributed by atoms with Gasteiger partial charge in [-0.15, -0.1) is 0 Å². The van der Waals surface area contributed by atoms with Gasteiger partial charge in [-0.05, 0) is 49.0 Å². The van der Waals surface area contributed by atoms with E-state index in [0.29, 0.717) is 12.0 Å². The zero-order chi connectivity index (χ0) is 18.8. The van der Waals surface area contributed by atoms with E-state index in [-0.39, 0.29) is 11.7 Å². The van der Waals surface area contributed by atoms with Gasteiger partial charge in [-0.3, -0.25) is 4.79 Å². The van der Waals surface area contributed by atoms with Crippen LogP contribution >= 0.6 is 0 Å². The molecule has 5 heteroatoms. The smallest absolute Gasteiger partial charge is 0.155 e. The summed E-state index contributed by atoms with van der Waals surface area (Å²) in [4.78, 5) is 19.4. The highest BCUT2D eigenvalue weighted by Gasteiger charge is 2.24. The average Bonchev–Trinajstić information content (AvgIpc) is 3.36. The number of H-pyrrole nitrogens is 1. The number of nitriles is 1. The molecule has 27 heavy (non-hydrogen) atoms. The van der Waals surface area contributed by atoms with Gasteiger partial charge in [0.05, 0.1) is 11.8 Å². The summed E-state index contributed by atoms with van der Waals surface area (Å²) < 4.78 is 5.58. The van der Waals surface area contributed by atoms with Crippen molar-refractivity contribution in [2.75, 3.05) is 0 Å². The van der Waals surface area contributed by atoms with Gasteiger partial charge in [0.2, 0.25) is 0 Å². The van der Waals surface area contributed by atoms with Gasteiger partial charge >= 0.3 is 0 Å². The van der Waals surface area contributed by atoms with Crippen molar-refractivity contribution in [3.05, 3.63) is 60.6 Å². The van der Waals surface area contributed by atoms with Gasteiger partial charge in [0.15, 0.2) is 5.78 Å². The first-order valence-corrected chi connectivity index (χ1v) is 9.00. The fourth-order valence-electron chi connectivity index (χ4n) is 3.88. The molecule has 1 unspecified atom stereocenters. The van der Waals surface area contributed by atoms with Crippen molar-refractivity contribution in [1.82, 2.24) is 9.97 Å². The van der Waals surface area contributed by atoms with Gasteiger partial charge in [0.1, 0.15) is 17.5 Å². The van der Waals surface area contributed by atoms with Crippen LogP contribution in [-0.4, -0.2) is 15.8 Å². The third kappa shape index (κ3) is 3.11. The molecule has 0 aliphatic heterocycles. The highest BCUT2D eigenvalue weighted by Crippen LogP contribution is 2.40. The standard InChI is InChI=1S/C22H19N3O2/c1-2-17(26)10-14-5-3-6-15(9-14)20-16(11-23)12-24-22-21(20)18(13-25-22)19-7-4-8-27-19/h2,4,6-8,12-14H,1,3,5,9-10H2,(H,24,25). The summed E-state index contributed by atoms with van der Waals surface area (Å²) in [6, 6.07) is 6.02. The topological polar surface area (TPSA) is 82.7 Å². The molecule has 1 atom stereocenters. The number of allylic oxidation sites excluding steroid dienone is 3. The molecule has 0 amide bonds. The van der Waals surface area contributed by atoms with E-state index in [0.717, 1.165) is 52.8 Å². The molecule has 0 saturated heterocycles. The number of hydrogen-bond donors (Lipinski definition) is 1. The number of nitrogens with one attached hydrogen (secondary N) is 1. The number of pyridine rings is 1. The van der Waals surface area contributed by atoms with E-state index in [1.165, 1.54) is 6.08 Å². The summed E-state index contributed by atoms with van der Waals surface area (Å²) in [6.45, 7) is 3.57. The van der Waals surface area contributed by atoms with E-state index in [9.17, 15) is 10.1 Å². The first-order chi connectivity index (χ1) is 13.2. The monoisotopic (exact) mass is 357 g/mol. The van der Waals surface area contributed by atoms with Crippen LogP contribution in [0.15, 0.2) is 53.9 Å². The van der Waals surface area contributed by atoms with Gasteiger partial charge in [0.25, 0.3) is 0 Å². The van der Waals surface area contributed by atoms with Gasteiger partial charge in [0, 0.05) is 35.3 Å². The van der Waals surface area contributed by atoms with Crippen LogP contribution in [-0.2, 0) is 4.79 Å². The number of ketones is 1. The molecule has 0 saturated carbocycles. The molecule has 1 N–H and O–H groups in total. The van der Waals surface area contributed by atoms with E-state index < -0.39 is 0 Å². The van der Waals surface area contributed by atoms with Gasteiger partial charge < -0.3 is 9.40 Å². The Morgan fingerprint density at radius 1 is 1.52 bits per heavy atom. The molecule has 1 aliphatic carbocycles. The Kier molecular flexibility index (Phi) is 4.47. The van der Waals surface area contributed by atoms with Gasteiger partial charge in [-0.2, -0.15) is 5.26 Å². The van der Waals surface area contributed by atoms with Crippen LogP contribution in [0.4, 0.5) is 0 Å². The first-order valence-electron chi connectivity index (χ1n) is 9.00. The molecule has 0 spiro atoms. The fraction of sp³-hybridized carbons (Fsp3) is 0.227. The Bertz CT molecular complexity index is 1080. The minimum atomic E-state index is 0.0690. The summed E-state index contributed by atoms with van der Waals surface area (Å²) in [6.07, 6.45) is 11.8. The molecular formula is C22H19N3O2. The molecule has 3 aromatic heterocycles. The largest absolute Gasteiger partial charge is 0.464 e. The SMILES string of the molecule is C=CC(=O)CC1CCC=C(c2c(C#N)cnc3[nH]cc(-c4ccco4)c23)C1.